The molecule has 1 aromatic heterocycles. The lowest BCUT2D eigenvalue weighted by atomic mass is 10.4. The van der Waals surface area contributed by atoms with Crippen molar-refractivity contribution in [2.45, 2.75) is 4.21 Å². The molecule has 4 N–H and O–H groups in total. The monoisotopic (exact) mass is 216 g/mol. The zero-order valence-corrected chi connectivity index (χ0v) is 8.28. The van der Waals surface area contributed by atoms with Crippen LogP contribution >= 0.6 is 11.3 Å². The zero-order valence-electron chi connectivity index (χ0n) is 6.65. The number of rotatable bonds is 1. The Kier molecular flexibility index (Phi) is 3.06. The predicted octanol–water partition coefficient (Wildman–Crippen LogP) is -0.294. The maximum Gasteiger partial charge on any atom is 0.247 e. The van der Waals surface area contributed by atoms with Gasteiger partial charge in [0.15, 0.2) is 0 Å². The van der Waals surface area contributed by atoms with Crippen molar-refractivity contribution in [3.05, 3.63) is 17.0 Å². The minimum absolute atomic E-state index is 0.119. The van der Waals surface area contributed by atoms with Crippen LogP contribution in [0.2, 0.25) is 0 Å². The molecule has 70 valence electrons. The van der Waals surface area contributed by atoms with Gasteiger partial charge in [-0.2, -0.15) is 0 Å². The molecule has 0 bridgehead atoms. The molecular weight excluding hydrogens is 208 g/mol. The molecule has 0 aromatic carbocycles. The van der Waals surface area contributed by atoms with Gasteiger partial charge in [-0.3, -0.25) is 0 Å². The second-order valence-corrected chi connectivity index (χ2v) is 5.04. The van der Waals surface area contributed by atoms with Gasteiger partial charge in [0.25, 0.3) is 0 Å². The molecule has 0 aliphatic carbocycles. The lowest BCUT2D eigenvalue weighted by molar-refractivity contribution is 0.600. The smallest absolute Gasteiger partial charge is 0.247 e. The molecule has 4 nitrogen and oxygen atoms in total. The molecule has 1 aromatic rings. The molecule has 0 fully saturated rings. The molecule has 0 spiro atoms. The first kappa shape index (κ1) is 10.2. The highest BCUT2D eigenvalue weighted by atomic mass is 32.2. The second-order valence-electron chi connectivity index (χ2n) is 2.17. The van der Waals surface area contributed by atoms with Crippen LogP contribution in [0.25, 0.3) is 0 Å². The average molecular weight is 216 g/mol. The number of thiophene rings is 1. The average Bonchev–Trinajstić information content (AvgIpc) is 2.47. The summed E-state index contributed by atoms with van der Waals surface area (Å²) in [5.74, 6) is 5.34. The van der Waals surface area contributed by atoms with Crippen LogP contribution in [0.5, 0.6) is 0 Å². The van der Waals surface area contributed by atoms with Gasteiger partial charge in [-0.05, 0) is 12.1 Å². The Morgan fingerprint density at radius 1 is 1.46 bits per heavy atom. The van der Waals surface area contributed by atoms with Crippen molar-refractivity contribution in [1.82, 2.24) is 0 Å². The Bertz CT molecular complexity index is 450. The molecule has 0 saturated heterocycles. The summed E-state index contributed by atoms with van der Waals surface area (Å²) in [5, 5.41) is 4.91. The fourth-order valence-electron chi connectivity index (χ4n) is 0.678. The normalized spacial score (nSPS) is 10.6. The van der Waals surface area contributed by atoms with Gasteiger partial charge in [0, 0.05) is 0 Å². The van der Waals surface area contributed by atoms with Gasteiger partial charge in [-0.1, -0.05) is 11.8 Å². The fourth-order valence-corrected chi connectivity index (χ4v) is 2.28. The van der Waals surface area contributed by atoms with Crippen LogP contribution in [-0.2, 0) is 10.0 Å². The van der Waals surface area contributed by atoms with Crippen molar-refractivity contribution in [3.63, 3.8) is 0 Å². The van der Waals surface area contributed by atoms with Gasteiger partial charge in [-0.25, -0.2) is 13.6 Å². The highest BCUT2D eigenvalue weighted by molar-refractivity contribution is 7.91. The van der Waals surface area contributed by atoms with E-state index in [-0.39, 0.29) is 10.8 Å². The summed E-state index contributed by atoms with van der Waals surface area (Å²) < 4.78 is 21.8. The molecule has 0 atom stereocenters. The molecule has 0 aliphatic rings. The summed E-state index contributed by atoms with van der Waals surface area (Å²) in [6.45, 7) is 0.253. The van der Waals surface area contributed by atoms with E-state index in [9.17, 15) is 8.42 Å². The van der Waals surface area contributed by atoms with Crippen LogP contribution in [0, 0.1) is 11.8 Å². The van der Waals surface area contributed by atoms with Gasteiger partial charge in [0.1, 0.15) is 4.21 Å². The van der Waals surface area contributed by atoms with E-state index in [0.29, 0.717) is 4.88 Å². The number of hydrogen-bond donors (Lipinski definition) is 2. The van der Waals surface area contributed by atoms with Crippen LogP contribution in [0.15, 0.2) is 16.3 Å². The molecule has 1 heterocycles. The van der Waals surface area contributed by atoms with Crippen LogP contribution in [0.3, 0.4) is 0 Å². The largest absolute Gasteiger partial charge is 0.320 e. The van der Waals surface area contributed by atoms with Crippen LogP contribution in [0.1, 0.15) is 4.88 Å². The third-order valence-corrected chi connectivity index (χ3v) is 3.61. The minimum Gasteiger partial charge on any atom is -0.320 e. The maximum absolute atomic E-state index is 10.8. The van der Waals surface area contributed by atoms with E-state index < -0.39 is 10.0 Å². The number of sulfonamides is 1. The van der Waals surface area contributed by atoms with Gasteiger partial charge in [0.05, 0.1) is 11.4 Å². The Morgan fingerprint density at radius 2 is 2.15 bits per heavy atom. The Labute approximate surface area is 80.6 Å². The highest BCUT2D eigenvalue weighted by Gasteiger charge is 2.09. The van der Waals surface area contributed by atoms with Crippen molar-refractivity contribution in [2.75, 3.05) is 6.54 Å². The third kappa shape index (κ3) is 2.82. The maximum atomic E-state index is 10.8. The molecule has 0 unspecified atom stereocenters. The van der Waals surface area contributed by atoms with Crippen molar-refractivity contribution >= 4 is 21.4 Å². The minimum atomic E-state index is -3.59. The Hall–Kier alpha value is -0.870. The first-order valence-electron chi connectivity index (χ1n) is 3.35. The summed E-state index contributed by atoms with van der Waals surface area (Å²) in [7, 11) is -3.59. The van der Waals surface area contributed by atoms with Crippen molar-refractivity contribution in [2.24, 2.45) is 10.9 Å². The van der Waals surface area contributed by atoms with Crippen LogP contribution in [0.4, 0.5) is 0 Å². The topological polar surface area (TPSA) is 86.2 Å². The molecule has 6 heteroatoms. The molecule has 0 amide bonds. The fraction of sp³-hybridized carbons (Fsp3) is 0.143. The van der Waals surface area contributed by atoms with E-state index in [1.807, 2.05) is 0 Å². The molecular formula is C7H8N2O2S2. The van der Waals surface area contributed by atoms with E-state index >= 15 is 0 Å². The van der Waals surface area contributed by atoms with E-state index in [1.165, 1.54) is 6.07 Å². The number of nitrogens with two attached hydrogens (primary N) is 2. The lowest BCUT2D eigenvalue weighted by Gasteiger charge is -1.87. The number of hydrogen-bond acceptors (Lipinski definition) is 4. The summed E-state index contributed by atoms with van der Waals surface area (Å²) in [4.78, 5) is 0.648. The van der Waals surface area contributed by atoms with E-state index in [4.69, 9.17) is 10.9 Å². The first-order chi connectivity index (χ1) is 6.04. The number of primary sulfonamides is 1. The summed E-state index contributed by atoms with van der Waals surface area (Å²) in [6.07, 6.45) is 0. The molecule has 0 saturated carbocycles. The Morgan fingerprint density at radius 3 is 2.62 bits per heavy atom. The van der Waals surface area contributed by atoms with E-state index in [0.717, 1.165) is 11.3 Å². The van der Waals surface area contributed by atoms with Crippen LogP contribution < -0.4 is 10.9 Å². The summed E-state index contributed by atoms with van der Waals surface area (Å²) in [6, 6.07) is 3.04. The van der Waals surface area contributed by atoms with Crippen molar-refractivity contribution in [1.29, 1.82) is 0 Å². The van der Waals surface area contributed by atoms with Gasteiger partial charge in [-0.15, -0.1) is 11.3 Å². The lowest BCUT2D eigenvalue weighted by Crippen LogP contribution is -2.09. The third-order valence-electron chi connectivity index (χ3n) is 1.18. The molecule has 0 radical (unpaired) electrons. The quantitative estimate of drug-likeness (QED) is 0.632. The first-order valence-corrected chi connectivity index (χ1v) is 5.72. The van der Waals surface area contributed by atoms with Crippen LogP contribution in [-0.4, -0.2) is 15.0 Å². The highest BCUT2D eigenvalue weighted by Crippen LogP contribution is 2.18. The van der Waals surface area contributed by atoms with Gasteiger partial charge < -0.3 is 5.73 Å². The molecule has 13 heavy (non-hydrogen) atoms. The Balaban J connectivity index is 3.01. The van der Waals surface area contributed by atoms with Crippen molar-refractivity contribution < 1.29 is 8.42 Å². The molecule has 1 rings (SSSR count). The predicted molar refractivity (Wildman–Crippen MR) is 51.6 cm³/mol. The zero-order chi connectivity index (χ0) is 9.90. The van der Waals surface area contributed by atoms with Gasteiger partial charge >= 0.3 is 0 Å². The standard InChI is InChI=1S/C7H8N2O2S2/c8-5-1-2-6-3-4-7(12-6)13(9,10)11/h3-4H,5,8H2,(H2,9,10,11). The SMILES string of the molecule is NCC#Cc1ccc(S(N)(=O)=O)s1. The van der Waals surface area contributed by atoms with E-state index in [2.05, 4.69) is 11.8 Å². The molecule has 0 aliphatic heterocycles. The summed E-state index contributed by atoms with van der Waals surface area (Å²) >= 11 is 1.04. The van der Waals surface area contributed by atoms with Gasteiger partial charge in [0.2, 0.25) is 10.0 Å². The summed E-state index contributed by atoms with van der Waals surface area (Å²) in [5.41, 5.74) is 5.16. The second kappa shape index (κ2) is 3.89. The van der Waals surface area contributed by atoms with E-state index in [1.54, 1.807) is 6.07 Å². The van der Waals surface area contributed by atoms with Crippen molar-refractivity contribution in [3.8, 4) is 11.8 Å².